The molecular formula is C21H24N4O4S. The van der Waals surface area contributed by atoms with E-state index in [4.69, 9.17) is 19.4 Å². The van der Waals surface area contributed by atoms with Crippen LogP contribution in [0.3, 0.4) is 0 Å². The summed E-state index contributed by atoms with van der Waals surface area (Å²) in [6, 6.07) is 5.90. The van der Waals surface area contributed by atoms with Gasteiger partial charge in [0.05, 0.1) is 29.2 Å². The summed E-state index contributed by atoms with van der Waals surface area (Å²) >= 11 is 0. The lowest BCUT2D eigenvalue weighted by Crippen LogP contribution is -2.29. The summed E-state index contributed by atoms with van der Waals surface area (Å²) in [7, 11) is 0.325. The Morgan fingerprint density at radius 1 is 1.23 bits per heavy atom. The van der Waals surface area contributed by atoms with E-state index in [1.165, 1.54) is 7.11 Å². The highest BCUT2D eigenvalue weighted by molar-refractivity contribution is 7.85. The van der Waals surface area contributed by atoms with Gasteiger partial charge in [-0.1, -0.05) is 6.07 Å². The highest BCUT2D eigenvalue weighted by atomic mass is 32.2. The maximum Gasteiger partial charge on any atom is 0.337 e. The van der Waals surface area contributed by atoms with Gasteiger partial charge in [0.15, 0.2) is 0 Å². The quantitative estimate of drug-likeness (QED) is 0.740. The lowest BCUT2D eigenvalue weighted by Gasteiger charge is -2.25. The van der Waals surface area contributed by atoms with Crippen molar-refractivity contribution in [1.29, 1.82) is 0 Å². The summed E-state index contributed by atoms with van der Waals surface area (Å²) in [5.74, 6) is 1.59. The standard InChI is InChI=1S/C21H24N4O4S/c1-28-20(26)13-2-3-14-11-25(12-15(14)10-13)21-23-17-6-9-30(27)18(17)19(24-21)22-16-4-7-29-8-5-16/h2-3,10,16H,4-9,11-12H2,1H3,(H,22,23,24). The molecule has 1 aromatic heterocycles. The van der Waals surface area contributed by atoms with Crippen LogP contribution in [0.15, 0.2) is 23.1 Å². The minimum absolute atomic E-state index is 0.265. The first-order valence-corrected chi connectivity index (χ1v) is 11.5. The summed E-state index contributed by atoms with van der Waals surface area (Å²) in [6.45, 7) is 2.75. The number of aryl methyl sites for hydroxylation is 1. The molecule has 3 aliphatic heterocycles. The number of nitrogens with zero attached hydrogens (tertiary/aromatic N) is 3. The van der Waals surface area contributed by atoms with E-state index in [0.29, 0.717) is 42.6 Å². The number of fused-ring (bicyclic) bond motifs is 2. The molecule has 0 bridgehead atoms. The normalized spacial score (nSPS) is 20.7. The number of hydrogen-bond donors (Lipinski definition) is 1. The number of ether oxygens (including phenoxy) is 2. The number of benzene rings is 1. The van der Waals surface area contributed by atoms with Gasteiger partial charge in [0.2, 0.25) is 5.95 Å². The second-order valence-electron chi connectivity index (χ2n) is 7.81. The second-order valence-corrected chi connectivity index (χ2v) is 9.32. The monoisotopic (exact) mass is 428 g/mol. The van der Waals surface area contributed by atoms with Gasteiger partial charge in [0.1, 0.15) is 10.7 Å². The Kier molecular flexibility index (Phi) is 5.16. The molecule has 0 radical (unpaired) electrons. The average molecular weight is 429 g/mol. The fourth-order valence-electron chi connectivity index (χ4n) is 4.24. The van der Waals surface area contributed by atoms with E-state index in [9.17, 15) is 9.00 Å². The lowest BCUT2D eigenvalue weighted by atomic mass is 10.1. The fraction of sp³-hybridized carbons (Fsp3) is 0.476. The number of esters is 1. The minimum Gasteiger partial charge on any atom is -0.465 e. The molecule has 5 rings (SSSR count). The van der Waals surface area contributed by atoms with Crippen LogP contribution in [0.5, 0.6) is 0 Å². The molecule has 30 heavy (non-hydrogen) atoms. The van der Waals surface area contributed by atoms with Gasteiger partial charge >= 0.3 is 5.97 Å². The first kappa shape index (κ1) is 19.4. The van der Waals surface area contributed by atoms with Crippen LogP contribution in [-0.2, 0) is 39.8 Å². The third-order valence-corrected chi connectivity index (χ3v) is 7.33. The van der Waals surface area contributed by atoms with E-state index in [0.717, 1.165) is 47.8 Å². The SMILES string of the molecule is COC(=O)c1ccc2c(c1)CN(c1nc3c(c(NC4CCOCC4)n1)S(=O)CC3)C2. The average Bonchev–Trinajstić information content (AvgIpc) is 3.37. The Morgan fingerprint density at radius 3 is 2.83 bits per heavy atom. The predicted molar refractivity (Wildman–Crippen MR) is 112 cm³/mol. The van der Waals surface area contributed by atoms with E-state index in [1.54, 1.807) is 6.07 Å². The van der Waals surface area contributed by atoms with Crippen molar-refractivity contribution in [2.75, 3.05) is 36.3 Å². The third kappa shape index (κ3) is 3.56. The van der Waals surface area contributed by atoms with Crippen LogP contribution in [-0.4, -0.2) is 52.3 Å². The van der Waals surface area contributed by atoms with Crippen LogP contribution in [0.25, 0.3) is 0 Å². The molecule has 1 atom stereocenters. The summed E-state index contributed by atoms with van der Waals surface area (Å²) in [5.41, 5.74) is 3.64. The Bertz CT molecular complexity index is 1020. The third-order valence-electron chi connectivity index (χ3n) is 5.87. The first-order valence-electron chi connectivity index (χ1n) is 10.2. The van der Waals surface area contributed by atoms with Crippen LogP contribution in [0, 0.1) is 0 Å². The highest BCUT2D eigenvalue weighted by Gasteiger charge is 2.30. The van der Waals surface area contributed by atoms with Crippen molar-refractivity contribution in [3.05, 3.63) is 40.6 Å². The number of anilines is 2. The van der Waals surface area contributed by atoms with Crippen molar-refractivity contribution in [3.8, 4) is 0 Å². The number of rotatable bonds is 4. The van der Waals surface area contributed by atoms with Gasteiger partial charge in [-0.3, -0.25) is 4.21 Å². The van der Waals surface area contributed by atoms with Gasteiger partial charge in [-0.15, -0.1) is 0 Å². The molecule has 1 fully saturated rings. The molecule has 4 heterocycles. The van der Waals surface area contributed by atoms with Gasteiger partial charge in [-0.05, 0) is 36.1 Å². The molecule has 1 N–H and O–H groups in total. The molecule has 0 saturated carbocycles. The summed E-state index contributed by atoms with van der Waals surface area (Å²) in [6.07, 6.45) is 2.52. The largest absolute Gasteiger partial charge is 0.465 e. The highest BCUT2D eigenvalue weighted by Crippen LogP contribution is 2.34. The van der Waals surface area contributed by atoms with Crippen LogP contribution in [0.4, 0.5) is 11.8 Å². The van der Waals surface area contributed by atoms with Gasteiger partial charge in [-0.2, -0.15) is 4.98 Å². The van der Waals surface area contributed by atoms with E-state index in [1.807, 2.05) is 12.1 Å². The first-order chi connectivity index (χ1) is 14.6. The van der Waals surface area contributed by atoms with Gasteiger partial charge in [0.25, 0.3) is 0 Å². The summed E-state index contributed by atoms with van der Waals surface area (Å²) < 4.78 is 22.9. The molecule has 3 aliphatic rings. The van der Waals surface area contributed by atoms with E-state index in [2.05, 4.69) is 10.2 Å². The molecule has 1 saturated heterocycles. The fourth-order valence-corrected chi connectivity index (χ4v) is 5.55. The number of hydrogen-bond acceptors (Lipinski definition) is 8. The molecule has 0 spiro atoms. The molecule has 2 aromatic rings. The Hall–Kier alpha value is -2.52. The molecule has 1 aromatic carbocycles. The van der Waals surface area contributed by atoms with Crippen LogP contribution in [0.1, 0.15) is 40.0 Å². The van der Waals surface area contributed by atoms with Crippen molar-refractivity contribution in [2.45, 2.75) is 43.3 Å². The zero-order valence-corrected chi connectivity index (χ0v) is 17.7. The molecular weight excluding hydrogens is 404 g/mol. The number of methoxy groups -OCH3 is 1. The van der Waals surface area contributed by atoms with Crippen LogP contribution >= 0.6 is 0 Å². The Balaban J connectivity index is 1.44. The maximum absolute atomic E-state index is 12.6. The zero-order valence-electron chi connectivity index (χ0n) is 16.8. The van der Waals surface area contributed by atoms with E-state index >= 15 is 0 Å². The number of aromatic nitrogens is 2. The number of nitrogens with one attached hydrogen (secondary N) is 1. The van der Waals surface area contributed by atoms with Gasteiger partial charge < -0.3 is 19.7 Å². The van der Waals surface area contributed by atoms with Crippen molar-refractivity contribution in [1.82, 2.24) is 9.97 Å². The predicted octanol–water partition coefficient (Wildman–Crippen LogP) is 2.04. The number of carbonyl (C=O) groups is 1. The molecule has 9 heteroatoms. The Morgan fingerprint density at radius 2 is 2.03 bits per heavy atom. The topological polar surface area (TPSA) is 93.7 Å². The Labute approximate surface area is 177 Å². The van der Waals surface area contributed by atoms with Crippen molar-refractivity contribution in [3.63, 3.8) is 0 Å². The maximum atomic E-state index is 12.6. The van der Waals surface area contributed by atoms with Crippen LogP contribution in [0.2, 0.25) is 0 Å². The van der Waals surface area contributed by atoms with Gasteiger partial charge in [-0.25, -0.2) is 9.78 Å². The molecule has 1 unspecified atom stereocenters. The molecule has 8 nitrogen and oxygen atoms in total. The van der Waals surface area contributed by atoms with Crippen molar-refractivity contribution < 1.29 is 18.5 Å². The van der Waals surface area contributed by atoms with E-state index < -0.39 is 10.8 Å². The number of carbonyl (C=O) groups excluding carboxylic acids is 1. The molecule has 0 amide bonds. The zero-order chi connectivity index (χ0) is 20.7. The van der Waals surface area contributed by atoms with Crippen molar-refractivity contribution >= 4 is 28.5 Å². The summed E-state index contributed by atoms with van der Waals surface area (Å²) in [5, 5.41) is 3.52. The minimum atomic E-state index is -1.06. The second kappa shape index (κ2) is 7.96. The molecule has 0 aliphatic carbocycles. The van der Waals surface area contributed by atoms with Crippen LogP contribution < -0.4 is 10.2 Å². The lowest BCUT2D eigenvalue weighted by molar-refractivity contribution is 0.0600. The molecule has 158 valence electrons. The van der Waals surface area contributed by atoms with Gasteiger partial charge in [0, 0.05) is 44.5 Å². The smallest absolute Gasteiger partial charge is 0.337 e. The van der Waals surface area contributed by atoms with Crippen molar-refractivity contribution in [2.24, 2.45) is 0 Å². The summed E-state index contributed by atoms with van der Waals surface area (Å²) in [4.78, 5) is 24.3. The van der Waals surface area contributed by atoms with E-state index in [-0.39, 0.29) is 12.0 Å².